The molecule has 0 aromatic heterocycles. The lowest BCUT2D eigenvalue weighted by atomic mass is 9.95. The number of hydrogen-bond acceptors (Lipinski definition) is 5. The van der Waals surface area contributed by atoms with E-state index in [0.29, 0.717) is 42.5 Å². The van der Waals surface area contributed by atoms with Gasteiger partial charge in [0.05, 0.1) is 18.2 Å². The van der Waals surface area contributed by atoms with Crippen LogP contribution in [0.15, 0.2) is 54.1 Å². The maximum absolute atomic E-state index is 13.6. The zero-order valence-corrected chi connectivity index (χ0v) is 20.3. The first-order valence-corrected chi connectivity index (χ1v) is 11.8. The second-order valence-electron chi connectivity index (χ2n) is 8.80. The van der Waals surface area contributed by atoms with Crippen molar-refractivity contribution in [1.29, 1.82) is 0 Å². The van der Waals surface area contributed by atoms with Gasteiger partial charge in [-0.05, 0) is 61.0 Å². The molecule has 0 radical (unpaired) electrons. The van der Waals surface area contributed by atoms with Gasteiger partial charge in [-0.25, -0.2) is 4.39 Å². The molecule has 2 aromatic rings. The van der Waals surface area contributed by atoms with Crippen LogP contribution < -0.4 is 4.74 Å². The Labute approximate surface area is 200 Å². The van der Waals surface area contributed by atoms with Crippen molar-refractivity contribution in [2.24, 2.45) is 5.92 Å². The molecule has 0 saturated carbocycles. The molecular weight excluding hydrogens is 435 g/mol. The van der Waals surface area contributed by atoms with E-state index in [0.717, 1.165) is 13.1 Å². The molecule has 1 N–H and O–H groups in total. The van der Waals surface area contributed by atoms with Crippen molar-refractivity contribution >= 4 is 17.4 Å². The lowest BCUT2D eigenvalue weighted by Gasteiger charge is -2.28. The Kier molecular flexibility index (Phi) is 8.45. The second-order valence-corrected chi connectivity index (χ2v) is 8.80. The standard InChI is InChI=1S/C27H33FN2O4/c1-5-29(6-2)15-16-30-24(19-7-11-21(28)12-8-19)23(26(32)27(30)33)25(31)20-9-13-22(14-10-20)34-17-18(3)4/h7-14,18,24,31H,5-6,15-17H2,1-4H3/t24-/m0/s1. The van der Waals surface area contributed by atoms with Gasteiger partial charge < -0.3 is 19.6 Å². The third kappa shape index (κ3) is 5.65. The van der Waals surface area contributed by atoms with Crippen LogP contribution in [-0.4, -0.2) is 59.4 Å². The summed E-state index contributed by atoms with van der Waals surface area (Å²) < 4.78 is 19.3. The number of hydrogen-bond donors (Lipinski definition) is 1. The highest BCUT2D eigenvalue weighted by Gasteiger charge is 2.45. The zero-order chi connectivity index (χ0) is 24.8. The summed E-state index contributed by atoms with van der Waals surface area (Å²) >= 11 is 0. The van der Waals surface area contributed by atoms with Crippen molar-refractivity contribution in [1.82, 2.24) is 9.80 Å². The molecule has 7 heteroatoms. The smallest absolute Gasteiger partial charge is 0.295 e. The van der Waals surface area contributed by atoms with Gasteiger partial charge in [-0.2, -0.15) is 0 Å². The van der Waals surface area contributed by atoms with Gasteiger partial charge in [-0.15, -0.1) is 0 Å². The van der Waals surface area contributed by atoms with Crippen molar-refractivity contribution in [2.75, 3.05) is 32.8 Å². The maximum Gasteiger partial charge on any atom is 0.295 e. The highest BCUT2D eigenvalue weighted by molar-refractivity contribution is 6.46. The van der Waals surface area contributed by atoms with E-state index >= 15 is 0 Å². The minimum absolute atomic E-state index is 0.00649. The molecule has 1 heterocycles. The Morgan fingerprint density at radius 2 is 1.68 bits per heavy atom. The van der Waals surface area contributed by atoms with Crippen molar-refractivity contribution < 1.29 is 23.8 Å². The van der Waals surface area contributed by atoms with Gasteiger partial charge in [0.2, 0.25) is 0 Å². The molecule has 1 atom stereocenters. The topological polar surface area (TPSA) is 70.1 Å². The molecule has 3 rings (SSSR count). The molecule has 0 spiro atoms. The van der Waals surface area contributed by atoms with Crippen molar-refractivity contribution in [2.45, 2.75) is 33.7 Å². The lowest BCUT2D eigenvalue weighted by molar-refractivity contribution is -0.140. The summed E-state index contributed by atoms with van der Waals surface area (Å²) in [6, 6.07) is 11.7. The first-order chi connectivity index (χ1) is 16.3. The van der Waals surface area contributed by atoms with Gasteiger partial charge in [0, 0.05) is 18.7 Å². The van der Waals surface area contributed by atoms with Gasteiger partial charge in [0.15, 0.2) is 0 Å². The van der Waals surface area contributed by atoms with E-state index < -0.39 is 23.5 Å². The highest BCUT2D eigenvalue weighted by atomic mass is 19.1. The minimum Gasteiger partial charge on any atom is -0.507 e. The number of likely N-dealkylation sites (tertiary alicyclic amines) is 1. The van der Waals surface area contributed by atoms with Crippen LogP contribution in [0.4, 0.5) is 4.39 Å². The SMILES string of the molecule is CCN(CC)CCN1C(=O)C(=O)C(=C(O)c2ccc(OCC(C)C)cc2)[C@@H]1c1ccc(F)cc1. The van der Waals surface area contributed by atoms with E-state index in [2.05, 4.69) is 18.7 Å². The van der Waals surface area contributed by atoms with E-state index in [1.54, 1.807) is 36.4 Å². The number of Topliss-reactive ketones (excluding diaryl/α,β-unsaturated/α-hetero) is 1. The van der Waals surface area contributed by atoms with Gasteiger partial charge in [0.1, 0.15) is 17.3 Å². The first kappa shape index (κ1) is 25.4. The van der Waals surface area contributed by atoms with E-state index in [9.17, 15) is 19.1 Å². The van der Waals surface area contributed by atoms with Crippen LogP contribution in [0.25, 0.3) is 5.76 Å². The average molecular weight is 469 g/mol. The largest absolute Gasteiger partial charge is 0.507 e. The number of aliphatic hydroxyl groups is 1. The molecule has 182 valence electrons. The fraction of sp³-hybridized carbons (Fsp3) is 0.407. The summed E-state index contributed by atoms with van der Waals surface area (Å²) in [4.78, 5) is 29.7. The number of carbonyl (C=O) groups excluding carboxylic acids is 2. The second kappa shape index (κ2) is 11.3. The van der Waals surface area contributed by atoms with Crippen molar-refractivity contribution in [3.8, 4) is 5.75 Å². The predicted octanol–water partition coefficient (Wildman–Crippen LogP) is 4.62. The fourth-order valence-electron chi connectivity index (χ4n) is 4.02. The van der Waals surface area contributed by atoms with Crippen LogP contribution in [0.5, 0.6) is 5.75 Å². The third-order valence-corrected chi connectivity index (χ3v) is 5.99. The number of ketones is 1. The van der Waals surface area contributed by atoms with Crippen LogP contribution in [0.3, 0.4) is 0 Å². The summed E-state index contributed by atoms with van der Waals surface area (Å²) in [6.07, 6.45) is 0. The monoisotopic (exact) mass is 468 g/mol. The number of ether oxygens (including phenoxy) is 1. The molecule has 1 aliphatic rings. The Bertz CT molecular complexity index is 1030. The van der Waals surface area contributed by atoms with E-state index in [-0.39, 0.29) is 11.3 Å². The molecule has 1 fully saturated rings. The van der Waals surface area contributed by atoms with E-state index in [1.165, 1.54) is 17.0 Å². The van der Waals surface area contributed by atoms with Gasteiger partial charge in [-0.3, -0.25) is 9.59 Å². The zero-order valence-electron chi connectivity index (χ0n) is 20.3. The van der Waals surface area contributed by atoms with Gasteiger partial charge in [-0.1, -0.05) is 39.8 Å². The van der Waals surface area contributed by atoms with Gasteiger partial charge in [0.25, 0.3) is 11.7 Å². The number of amides is 1. The number of aliphatic hydroxyl groups excluding tert-OH is 1. The molecule has 1 amide bonds. The van der Waals surface area contributed by atoms with Crippen LogP contribution >= 0.6 is 0 Å². The normalized spacial score (nSPS) is 17.7. The number of rotatable bonds is 10. The summed E-state index contributed by atoms with van der Waals surface area (Å²) in [5, 5.41) is 11.1. The molecule has 0 aliphatic carbocycles. The summed E-state index contributed by atoms with van der Waals surface area (Å²) in [7, 11) is 0. The van der Waals surface area contributed by atoms with Crippen molar-refractivity contribution in [3.05, 3.63) is 71.0 Å². The van der Waals surface area contributed by atoms with Gasteiger partial charge >= 0.3 is 0 Å². The summed E-state index contributed by atoms with van der Waals surface area (Å²) in [5.74, 6) is -1.06. The number of nitrogens with zero attached hydrogens (tertiary/aromatic N) is 2. The molecule has 0 bridgehead atoms. The number of carbonyl (C=O) groups is 2. The highest BCUT2D eigenvalue weighted by Crippen LogP contribution is 2.39. The molecule has 0 unspecified atom stereocenters. The molecular formula is C27H33FN2O4. The third-order valence-electron chi connectivity index (χ3n) is 5.99. The summed E-state index contributed by atoms with van der Waals surface area (Å²) in [6.45, 7) is 11.2. The van der Waals surface area contributed by atoms with Crippen molar-refractivity contribution in [3.63, 3.8) is 0 Å². The van der Waals surface area contributed by atoms with Crippen LogP contribution in [0, 0.1) is 11.7 Å². The molecule has 34 heavy (non-hydrogen) atoms. The minimum atomic E-state index is -0.798. The Balaban J connectivity index is 2.00. The molecule has 2 aromatic carbocycles. The fourth-order valence-corrected chi connectivity index (χ4v) is 4.02. The average Bonchev–Trinajstić information content (AvgIpc) is 3.08. The predicted molar refractivity (Wildman–Crippen MR) is 130 cm³/mol. The molecule has 1 saturated heterocycles. The number of likely N-dealkylation sites (N-methyl/N-ethyl adjacent to an activating group) is 1. The van der Waals surface area contributed by atoms with Crippen LogP contribution in [0.2, 0.25) is 0 Å². The number of halogens is 1. The first-order valence-electron chi connectivity index (χ1n) is 11.8. The van der Waals surface area contributed by atoms with Crippen LogP contribution in [0.1, 0.15) is 44.9 Å². The molecule has 1 aliphatic heterocycles. The number of benzene rings is 2. The van der Waals surface area contributed by atoms with Crippen LogP contribution in [-0.2, 0) is 9.59 Å². The maximum atomic E-state index is 13.6. The Hall–Kier alpha value is -3.19. The Morgan fingerprint density at radius 3 is 2.24 bits per heavy atom. The Morgan fingerprint density at radius 1 is 1.06 bits per heavy atom. The quantitative estimate of drug-likeness (QED) is 0.313. The van der Waals surface area contributed by atoms with E-state index in [1.807, 2.05) is 13.8 Å². The summed E-state index contributed by atoms with van der Waals surface area (Å²) in [5.41, 5.74) is 0.983. The lowest BCUT2D eigenvalue weighted by Crippen LogP contribution is -2.38. The van der Waals surface area contributed by atoms with E-state index in [4.69, 9.17) is 4.74 Å². The molecule has 6 nitrogen and oxygen atoms in total.